The minimum Gasteiger partial charge on any atom is -0.389 e. The molecule has 1 fully saturated rings. The lowest BCUT2D eigenvalue weighted by atomic mass is 9.82. The summed E-state index contributed by atoms with van der Waals surface area (Å²) in [5.74, 6) is 4.12. The molecule has 1 aromatic carbocycles. The second-order valence-electron chi connectivity index (χ2n) is 12.6. The van der Waals surface area contributed by atoms with E-state index >= 15 is 0 Å². The van der Waals surface area contributed by atoms with E-state index in [2.05, 4.69) is 47.1 Å². The lowest BCUT2D eigenvalue weighted by molar-refractivity contribution is -0.137. The Hall–Kier alpha value is -3.81. The van der Waals surface area contributed by atoms with Crippen molar-refractivity contribution in [2.24, 2.45) is 17.8 Å². The molecule has 3 amide bonds. The van der Waals surface area contributed by atoms with Crippen molar-refractivity contribution in [2.45, 2.75) is 95.9 Å². The molecule has 4 N–H and O–H groups in total. The van der Waals surface area contributed by atoms with Gasteiger partial charge in [0.15, 0.2) is 0 Å². The van der Waals surface area contributed by atoms with Crippen molar-refractivity contribution in [3.63, 3.8) is 0 Å². The number of amides is 3. The fourth-order valence-electron chi connectivity index (χ4n) is 6.14. The van der Waals surface area contributed by atoms with Gasteiger partial charge in [-0.15, -0.1) is 25.2 Å². The van der Waals surface area contributed by atoms with Gasteiger partial charge in [0.1, 0.15) is 18.1 Å². The van der Waals surface area contributed by atoms with Crippen LogP contribution in [0.1, 0.15) is 70.8 Å². The number of aliphatic hydroxyl groups is 2. The third-order valence-electron chi connectivity index (χ3n) is 9.23. The highest BCUT2D eigenvalue weighted by Gasteiger charge is 2.36. The quantitative estimate of drug-likeness (QED) is 0.172. The van der Waals surface area contributed by atoms with Crippen LogP contribution in [0.15, 0.2) is 30.3 Å². The van der Waals surface area contributed by atoms with Gasteiger partial charge in [0.25, 0.3) is 0 Å². The molecule has 0 spiro atoms. The van der Waals surface area contributed by atoms with Gasteiger partial charge in [0.2, 0.25) is 17.7 Å². The van der Waals surface area contributed by atoms with Crippen LogP contribution in [-0.2, 0) is 20.8 Å². The molecule has 1 aromatic rings. The van der Waals surface area contributed by atoms with Gasteiger partial charge in [-0.3, -0.25) is 14.4 Å². The van der Waals surface area contributed by atoms with Crippen LogP contribution in [0.25, 0.3) is 0 Å². The van der Waals surface area contributed by atoms with Gasteiger partial charge < -0.3 is 30.6 Å². The Balaban J connectivity index is 2.31. The highest BCUT2D eigenvalue weighted by molar-refractivity contribution is 5.91. The first-order valence-electron chi connectivity index (χ1n) is 16.9. The summed E-state index contributed by atoms with van der Waals surface area (Å²) >= 11 is 0. The van der Waals surface area contributed by atoms with Gasteiger partial charge in [0, 0.05) is 33.0 Å². The van der Waals surface area contributed by atoms with Crippen LogP contribution in [0.5, 0.6) is 0 Å². The number of aliphatic hydroxyl groups excluding tert-OH is 2. The molecule has 9 nitrogen and oxygen atoms in total. The Morgan fingerprint density at radius 1 is 0.936 bits per heavy atom. The summed E-state index contributed by atoms with van der Waals surface area (Å²) in [6, 6.07) is 7.17. The predicted octanol–water partition coefficient (Wildman–Crippen LogP) is 2.60. The van der Waals surface area contributed by atoms with Crippen molar-refractivity contribution in [1.82, 2.24) is 20.4 Å². The zero-order valence-corrected chi connectivity index (χ0v) is 28.4. The number of carbonyl (C=O) groups excluding carboxylic acids is 3. The van der Waals surface area contributed by atoms with Gasteiger partial charge in [-0.2, -0.15) is 0 Å². The van der Waals surface area contributed by atoms with Gasteiger partial charge in [-0.25, -0.2) is 0 Å². The van der Waals surface area contributed by atoms with Gasteiger partial charge in [-0.05, 0) is 37.4 Å². The van der Waals surface area contributed by atoms with Crippen molar-refractivity contribution >= 4 is 17.7 Å². The Kier molecular flexibility index (Phi) is 17.7. The van der Waals surface area contributed by atoms with E-state index < -0.39 is 47.9 Å². The number of hydrogen-bond donors (Lipinski definition) is 4. The topological polar surface area (TPSA) is 122 Å². The van der Waals surface area contributed by atoms with Gasteiger partial charge >= 0.3 is 0 Å². The minimum absolute atomic E-state index is 0.0815. The van der Waals surface area contributed by atoms with Crippen LogP contribution >= 0.6 is 0 Å². The fraction of sp³-hybridized carbons (Fsp3) is 0.605. The molecular formula is C38H54N4O5. The SMILES string of the molecule is C#CCC(O)[C@H](O)C(CC1CCCCC1)NC(=O)[C@@H](NC(=O)C(CC(=O)N(C)CCN(CC)CC)Cc1ccccc1)C(C#C)C#C. The van der Waals surface area contributed by atoms with Crippen molar-refractivity contribution in [3.8, 4) is 37.0 Å². The van der Waals surface area contributed by atoms with Crippen LogP contribution in [-0.4, -0.2) is 95.3 Å². The number of nitrogens with one attached hydrogen (secondary N) is 2. The molecule has 2 rings (SSSR count). The second kappa shape index (κ2) is 21.1. The van der Waals surface area contributed by atoms with E-state index in [9.17, 15) is 24.6 Å². The summed E-state index contributed by atoms with van der Waals surface area (Å²) in [5.41, 5.74) is 0.857. The number of terminal acetylenes is 3. The molecule has 1 saturated carbocycles. The molecule has 0 saturated heterocycles. The van der Waals surface area contributed by atoms with Crippen LogP contribution in [0, 0.1) is 54.8 Å². The molecule has 5 atom stereocenters. The predicted molar refractivity (Wildman–Crippen MR) is 185 cm³/mol. The molecule has 0 aromatic heterocycles. The Morgan fingerprint density at radius 3 is 2.15 bits per heavy atom. The average molecular weight is 647 g/mol. The van der Waals surface area contributed by atoms with Crippen molar-refractivity contribution < 1.29 is 24.6 Å². The zero-order valence-electron chi connectivity index (χ0n) is 28.4. The van der Waals surface area contributed by atoms with E-state index in [1.54, 1.807) is 11.9 Å². The van der Waals surface area contributed by atoms with Crippen molar-refractivity contribution in [3.05, 3.63) is 35.9 Å². The minimum atomic E-state index is -1.34. The number of nitrogens with zero attached hydrogens (tertiary/aromatic N) is 2. The van der Waals surface area contributed by atoms with Crippen LogP contribution in [0.3, 0.4) is 0 Å². The normalized spacial score (nSPS) is 16.5. The van der Waals surface area contributed by atoms with Gasteiger partial charge in [-0.1, -0.05) is 88.1 Å². The summed E-state index contributed by atoms with van der Waals surface area (Å²) in [6.45, 7) is 7.09. The van der Waals surface area contributed by atoms with E-state index in [1.807, 2.05) is 30.3 Å². The Morgan fingerprint density at radius 2 is 1.57 bits per heavy atom. The number of carbonyl (C=O) groups is 3. The second-order valence-corrected chi connectivity index (χ2v) is 12.6. The molecule has 1 aliphatic carbocycles. The van der Waals surface area contributed by atoms with Crippen LogP contribution in [0.4, 0.5) is 0 Å². The largest absolute Gasteiger partial charge is 0.389 e. The molecule has 256 valence electrons. The van der Waals surface area contributed by atoms with E-state index in [0.29, 0.717) is 19.5 Å². The summed E-state index contributed by atoms with van der Waals surface area (Å²) in [7, 11) is 1.72. The number of hydrogen-bond acceptors (Lipinski definition) is 6. The number of likely N-dealkylation sites (N-methyl/N-ethyl adjacent to an activating group) is 2. The molecule has 0 aliphatic heterocycles. The molecule has 3 unspecified atom stereocenters. The highest BCUT2D eigenvalue weighted by atomic mass is 16.3. The van der Waals surface area contributed by atoms with E-state index in [1.165, 1.54) is 0 Å². The lowest BCUT2D eigenvalue weighted by Gasteiger charge is -2.33. The lowest BCUT2D eigenvalue weighted by Crippen LogP contribution is -2.57. The number of benzene rings is 1. The standard InChI is InChI=1S/C38H54N4O5/c1-7-18-33(43)36(45)32(26-29-21-16-13-17-22-29)39-38(47)35(30(8-2)9-3)40-37(46)31(25-28-19-14-12-15-20-28)27-34(44)41(6)23-24-42(10-4)11-5/h1-3,12,14-15,19-20,29-33,35-36,43,45H,10-11,13,16-18,21-27H2,4-6H3,(H,39,47)(H,40,46)/t31?,32?,33?,35-,36+/m0/s1. The number of rotatable bonds is 19. The van der Waals surface area contributed by atoms with Crippen LogP contribution in [0.2, 0.25) is 0 Å². The molecule has 0 heterocycles. The smallest absolute Gasteiger partial charge is 0.245 e. The first-order valence-corrected chi connectivity index (χ1v) is 16.9. The Labute approximate surface area is 282 Å². The first-order chi connectivity index (χ1) is 22.6. The summed E-state index contributed by atoms with van der Waals surface area (Å²) in [6.07, 6.45) is 19.9. The summed E-state index contributed by atoms with van der Waals surface area (Å²) in [5, 5.41) is 27.2. The molecule has 9 heteroatoms. The maximum absolute atomic E-state index is 13.9. The van der Waals surface area contributed by atoms with E-state index in [0.717, 1.165) is 50.8 Å². The maximum atomic E-state index is 13.9. The summed E-state index contributed by atoms with van der Waals surface area (Å²) < 4.78 is 0. The summed E-state index contributed by atoms with van der Waals surface area (Å²) in [4.78, 5) is 45.0. The van der Waals surface area contributed by atoms with E-state index in [-0.39, 0.29) is 31.1 Å². The average Bonchev–Trinajstić information content (AvgIpc) is 3.08. The van der Waals surface area contributed by atoms with Gasteiger partial charge in [0.05, 0.1) is 18.1 Å². The third kappa shape index (κ3) is 13.1. The molecule has 0 radical (unpaired) electrons. The highest BCUT2D eigenvalue weighted by Crippen LogP contribution is 2.29. The Bertz CT molecular complexity index is 1230. The third-order valence-corrected chi connectivity index (χ3v) is 9.23. The first kappa shape index (κ1) is 39.4. The van der Waals surface area contributed by atoms with Crippen LogP contribution < -0.4 is 10.6 Å². The molecule has 47 heavy (non-hydrogen) atoms. The van der Waals surface area contributed by atoms with Crippen molar-refractivity contribution in [1.29, 1.82) is 0 Å². The van der Waals surface area contributed by atoms with E-state index in [4.69, 9.17) is 19.3 Å². The molecule has 1 aliphatic rings. The van der Waals surface area contributed by atoms with Crippen molar-refractivity contribution in [2.75, 3.05) is 33.2 Å². The zero-order chi connectivity index (χ0) is 34.8. The maximum Gasteiger partial charge on any atom is 0.245 e. The molecular weight excluding hydrogens is 592 g/mol. The fourth-order valence-corrected chi connectivity index (χ4v) is 6.14. The monoisotopic (exact) mass is 646 g/mol. The molecule has 0 bridgehead atoms.